The summed E-state index contributed by atoms with van der Waals surface area (Å²) in [6, 6.07) is 1.75. The summed E-state index contributed by atoms with van der Waals surface area (Å²) in [5.41, 5.74) is 1.36. The number of nitrogens with zero attached hydrogens (tertiary/aromatic N) is 2. The molecule has 3 aromatic rings. The molecular weight excluding hydrogens is 430 g/mol. The van der Waals surface area contributed by atoms with E-state index in [2.05, 4.69) is 10.3 Å². The first-order chi connectivity index (χ1) is 14.0. The minimum Gasteiger partial charge on any atom is -0.465 e. The molecule has 0 saturated carbocycles. The van der Waals surface area contributed by atoms with E-state index in [1.165, 1.54) is 46.1 Å². The Bertz CT molecular complexity index is 1160. The number of methoxy groups -OCH3 is 1. The Balaban J connectivity index is 1.52. The van der Waals surface area contributed by atoms with Gasteiger partial charge < -0.3 is 10.1 Å². The number of carbonyl (C=O) groups is 2. The molecule has 7 nitrogen and oxygen atoms in total. The van der Waals surface area contributed by atoms with E-state index < -0.39 is 5.97 Å². The molecule has 0 fully saturated rings. The molecular formula is C19H19N3O4S3. The number of ether oxygens (including phenoxy) is 1. The van der Waals surface area contributed by atoms with Gasteiger partial charge in [0.15, 0.2) is 5.16 Å². The first-order valence-corrected chi connectivity index (χ1v) is 11.8. The van der Waals surface area contributed by atoms with Gasteiger partial charge in [-0.05, 0) is 42.7 Å². The van der Waals surface area contributed by atoms with Gasteiger partial charge in [0.05, 0.1) is 23.8 Å². The lowest BCUT2D eigenvalue weighted by atomic mass is 9.95. The van der Waals surface area contributed by atoms with E-state index in [1.807, 2.05) is 5.38 Å². The van der Waals surface area contributed by atoms with Crippen molar-refractivity contribution in [2.75, 3.05) is 18.2 Å². The third-order valence-corrected chi connectivity index (χ3v) is 7.85. The zero-order valence-electron chi connectivity index (χ0n) is 15.9. The zero-order chi connectivity index (χ0) is 20.5. The lowest BCUT2D eigenvalue weighted by Gasteiger charge is -2.11. The van der Waals surface area contributed by atoms with Crippen LogP contribution < -0.4 is 10.9 Å². The van der Waals surface area contributed by atoms with Crippen molar-refractivity contribution in [3.05, 3.63) is 37.8 Å². The Morgan fingerprint density at radius 1 is 1.34 bits per heavy atom. The molecule has 0 unspecified atom stereocenters. The first-order valence-electron chi connectivity index (χ1n) is 9.09. The van der Waals surface area contributed by atoms with Crippen LogP contribution in [-0.4, -0.2) is 34.3 Å². The van der Waals surface area contributed by atoms with Crippen LogP contribution in [0.3, 0.4) is 0 Å². The van der Waals surface area contributed by atoms with E-state index in [-0.39, 0.29) is 17.2 Å². The predicted molar refractivity (Wildman–Crippen MR) is 117 cm³/mol. The van der Waals surface area contributed by atoms with Crippen molar-refractivity contribution in [3.8, 4) is 0 Å². The fraction of sp³-hybridized carbons (Fsp3) is 0.368. The number of aromatic nitrogens is 2. The fourth-order valence-corrected chi connectivity index (χ4v) is 6.24. The minimum atomic E-state index is -0.417. The molecule has 10 heteroatoms. The molecule has 1 aliphatic carbocycles. The van der Waals surface area contributed by atoms with E-state index in [0.717, 1.165) is 36.1 Å². The summed E-state index contributed by atoms with van der Waals surface area (Å²) in [6.45, 7) is 0. The van der Waals surface area contributed by atoms with E-state index in [9.17, 15) is 14.4 Å². The number of aryl methyl sites for hydroxylation is 1. The van der Waals surface area contributed by atoms with Crippen LogP contribution in [0.1, 0.15) is 33.6 Å². The number of thiophene rings is 2. The molecule has 0 aliphatic heterocycles. The molecule has 1 aliphatic rings. The average molecular weight is 450 g/mol. The van der Waals surface area contributed by atoms with Gasteiger partial charge in [-0.3, -0.25) is 14.2 Å². The van der Waals surface area contributed by atoms with Crippen molar-refractivity contribution in [2.24, 2.45) is 7.05 Å². The highest BCUT2D eigenvalue weighted by molar-refractivity contribution is 7.99. The number of anilines is 1. The quantitative estimate of drug-likeness (QED) is 0.365. The average Bonchev–Trinajstić information content (AvgIpc) is 3.33. The molecule has 4 rings (SSSR count). The van der Waals surface area contributed by atoms with Crippen LogP contribution in [0.5, 0.6) is 0 Å². The molecule has 0 radical (unpaired) electrons. The summed E-state index contributed by atoms with van der Waals surface area (Å²) >= 11 is 4.05. The van der Waals surface area contributed by atoms with Gasteiger partial charge in [0.1, 0.15) is 9.83 Å². The van der Waals surface area contributed by atoms with Crippen LogP contribution in [0.2, 0.25) is 0 Å². The van der Waals surface area contributed by atoms with Gasteiger partial charge >= 0.3 is 5.97 Å². The number of thioether (sulfide) groups is 1. The Labute approximate surface area is 179 Å². The molecule has 0 atom stereocenters. The third-order valence-electron chi connectivity index (χ3n) is 4.81. The molecule has 1 amide bonds. The zero-order valence-corrected chi connectivity index (χ0v) is 18.4. The molecule has 152 valence electrons. The summed E-state index contributed by atoms with van der Waals surface area (Å²) in [6.07, 6.45) is 3.86. The molecule has 3 aromatic heterocycles. The van der Waals surface area contributed by atoms with Gasteiger partial charge in [-0.1, -0.05) is 11.8 Å². The van der Waals surface area contributed by atoms with Gasteiger partial charge in [0.2, 0.25) is 5.91 Å². The highest BCUT2D eigenvalue weighted by Gasteiger charge is 2.27. The maximum atomic E-state index is 12.6. The Hall–Kier alpha value is -2.17. The number of rotatable bonds is 5. The first kappa shape index (κ1) is 20.1. The van der Waals surface area contributed by atoms with E-state index in [1.54, 1.807) is 13.1 Å². The van der Waals surface area contributed by atoms with Gasteiger partial charge in [0, 0.05) is 11.9 Å². The normalized spacial score (nSPS) is 13.3. The van der Waals surface area contributed by atoms with Crippen molar-refractivity contribution >= 4 is 61.5 Å². The monoisotopic (exact) mass is 449 g/mol. The predicted octanol–water partition coefficient (Wildman–Crippen LogP) is 3.45. The fourth-order valence-electron chi connectivity index (χ4n) is 3.37. The second kappa shape index (κ2) is 8.29. The lowest BCUT2D eigenvalue weighted by molar-refractivity contribution is -0.113. The van der Waals surface area contributed by atoms with Gasteiger partial charge in [-0.25, -0.2) is 9.78 Å². The van der Waals surface area contributed by atoms with Crippen molar-refractivity contribution in [3.63, 3.8) is 0 Å². The summed E-state index contributed by atoms with van der Waals surface area (Å²) in [5, 5.41) is 6.30. The summed E-state index contributed by atoms with van der Waals surface area (Å²) in [7, 11) is 3.00. The number of esters is 1. The Kier molecular flexibility index (Phi) is 5.75. The number of hydrogen-bond donors (Lipinski definition) is 1. The van der Waals surface area contributed by atoms with Gasteiger partial charge in [0.25, 0.3) is 5.56 Å². The van der Waals surface area contributed by atoms with Crippen molar-refractivity contribution < 1.29 is 14.3 Å². The number of carbonyl (C=O) groups excluding carboxylic acids is 2. The van der Waals surface area contributed by atoms with E-state index in [0.29, 0.717) is 25.9 Å². The second-order valence-electron chi connectivity index (χ2n) is 6.64. The highest BCUT2D eigenvalue weighted by Crippen LogP contribution is 2.38. The molecule has 29 heavy (non-hydrogen) atoms. The van der Waals surface area contributed by atoms with Crippen LogP contribution in [0.4, 0.5) is 5.00 Å². The van der Waals surface area contributed by atoms with E-state index in [4.69, 9.17) is 4.74 Å². The van der Waals surface area contributed by atoms with Gasteiger partial charge in [-0.2, -0.15) is 0 Å². The second-order valence-corrected chi connectivity index (χ2v) is 9.58. The molecule has 0 bridgehead atoms. The Morgan fingerprint density at radius 2 is 2.14 bits per heavy atom. The smallest absolute Gasteiger partial charge is 0.341 e. The van der Waals surface area contributed by atoms with Crippen molar-refractivity contribution in [1.82, 2.24) is 9.55 Å². The lowest BCUT2D eigenvalue weighted by Crippen LogP contribution is -2.21. The van der Waals surface area contributed by atoms with Crippen LogP contribution in [0.15, 0.2) is 21.4 Å². The van der Waals surface area contributed by atoms with Crippen LogP contribution >= 0.6 is 34.4 Å². The molecule has 1 N–H and O–H groups in total. The topological polar surface area (TPSA) is 90.3 Å². The van der Waals surface area contributed by atoms with Crippen LogP contribution in [0, 0.1) is 0 Å². The summed E-state index contributed by atoms with van der Waals surface area (Å²) in [4.78, 5) is 43.5. The minimum absolute atomic E-state index is 0.0837. The molecule has 0 saturated heterocycles. The molecule has 0 spiro atoms. The highest BCUT2D eigenvalue weighted by atomic mass is 32.2. The number of fused-ring (bicyclic) bond motifs is 2. The number of amides is 1. The summed E-state index contributed by atoms with van der Waals surface area (Å²) in [5.74, 6) is -0.584. The standard InChI is InChI=1S/C19H19N3O4S3/c1-22-17(24)11-7-8-27-15(11)21-19(22)28-9-13(23)20-16-14(18(25)26-2)10-5-3-4-6-12(10)29-16/h7-8H,3-6,9H2,1-2H3,(H,20,23). The maximum Gasteiger partial charge on any atom is 0.341 e. The number of nitrogens with one attached hydrogen (secondary N) is 1. The summed E-state index contributed by atoms with van der Waals surface area (Å²) < 4.78 is 6.39. The third kappa shape index (κ3) is 3.84. The molecule has 3 heterocycles. The number of hydrogen-bond acceptors (Lipinski definition) is 8. The molecule has 0 aromatic carbocycles. The van der Waals surface area contributed by atoms with E-state index >= 15 is 0 Å². The Morgan fingerprint density at radius 3 is 2.93 bits per heavy atom. The van der Waals surface area contributed by atoms with Crippen molar-refractivity contribution in [1.29, 1.82) is 0 Å². The SMILES string of the molecule is COC(=O)c1c(NC(=O)CSc2nc3sccc3c(=O)n2C)sc2c1CCCC2. The maximum absolute atomic E-state index is 12.6. The van der Waals surface area contributed by atoms with Gasteiger partial charge in [-0.15, -0.1) is 22.7 Å². The van der Waals surface area contributed by atoms with Crippen molar-refractivity contribution in [2.45, 2.75) is 30.8 Å². The van der Waals surface area contributed by atoms with Crippen LogP contribution in [-0.2, 0) is 29.4 Å². The largest absolute Gasteiger partial charge is 0.465 e. The van der Waals surface area contributed by atoms with Crippen LogP contribution in [0.25, 0.3) is 10.2 Å².